The molecule has 0 fully saturated rings. The Balaban J connectivity index is 3.12. The van der Waals surface area contributed by atoms with Gasteiger partial charge in [0.1, 0.15) is 0 Å². The molecule has 7 heavy (non-hydrogen) atoms. The van der Waals surface area contributed by atoms with E-state index in [4.69, 9.17) is 7.98 Å². The zero-order chi connectivity index (χ0) is 5.28. The Bertz CT molecular complexity index is 140. The van der Waals surface area contributed by atoms with Crippen molar-refractivity contribution in [2.24, 2.45) is 0 Å². The van der Waals surface area contributed by atoms with Crippen molar-refractivity contribution < 1.29 is 0 Å². The van der Waals surface area contributed by atoms with E-state index in [9.17, 15) is 0 Å². The van der Waals surface area contributed by atoms with Gasteiger partial charge in [-0.2, -0.15) is 0 Å². The molecule has 0 saturated heterocycles. The first-order valence-corrected chi connectivity index (χ1v) is 2.20. The van der Waals surface area contributed by atoms with Crippen LogP contribution in [0.3, 0.4) is 0 Å². The highest BCUT2D eigenvalue weighted by atomic mass is 14.8. The molecule has 1 aromatic rings. The summed E-state index contributed by atoms with van der Waals surface area (Å²) in [5.41, 5.74) is 1.08. The zero-order valence-electron chi connectivity index (χ0n) is 4.26. The lowest BCUT2D eigenvalue weighted by molar-refractivity contribution is 1.16. The Kier molecular flexibility index (Phi) is 0.932. The molecule has 1 aromatic heterocycles. The fourth-order valence-corrected chi connectivity index (χ4v) is 0.479. The van der Waals surface area contributed by atoms with Crippen LogP contribution in [0.1, 0.15) is 5.69 Å². The van der Waals surface area contributed by atoms with Gasteiger partial charge in [-0.15, -0.1) is 0 Å². The highest BCUT2D eigenvalue weighted by molar-refractivity contribution is 6.06. The molecule has 1 heterocycles. The normalized spacial score (nSPS) is 9.29. The van der Waals surface area contributed by atoms with Crippen LogP contribution in [0.4, 0.5) is 0 Å². The molecule has 0 aliphatic rings. The van der Waals surface area contributed by atoms with Gasteiger partial charge in [0.05, 0.1) is 0 Å². The smallest absolute Gasteiger partial charge is 0.233 e. The average Bonchev–Trinajstić information content (AvgIpc) is 1.91. The standard InChI is InChI=1S/C5H6BN/c1-5-3-2-4-7(5)6/h2-4H,1H3. The maximum absolute atomic E-state index is 5.36. The molecule has 0 amide bonds. The van der Waals surface area contributed by atoms with E-state index in [1.807, 2.05) is 25.3 Å². The van der Waals surface area contributed by atoms with E-state index in [1.54, 1.807) is 4.48 Å². The average molecular weight is 90.9 g/mol. The monoisotopic (exact) mass is 91.1 g/mol. The highest BCUT2D eigenvalue weighted by Gasteiger charge is 1.81. The minimum Gasteiger partial charge on any atom is -0.407 e. The van der Waals surface area contributed by atoms with Crippen LogP contribution >= 0.6 is 0 Å². The molecule has 0 bridgehead atoms. The summed E-state index contributed by atoms with van der Waals surface area (Å²) in [4.78, 5) is 0. The fraction of sp³-hybridized carbons (Fsp3) is 0.200. The van der Waals surface area contributed by atoms with Gasteiger partial charge >= 0.3 is 0 Å². The molecule has 0 aromatic carbocycles. The van der Waals surface area contributed by atoms with Crippen molar-refractivity contribution in [3.05, 3.63) is 24.0 Å². The summed E-state index contributed by atoms with van der Waals surface area (Å²) in [5, 5.41) is 0. The second kappa shape index (κ2) is 1.45. The quantitative estimate of drug-likeness (QED) is 0.414. The predicted molar refractivity (Wildman–Crippen MR) is 30.3 cm³/mol. The molecular weight excluding hydrogens is 84.9 g/mol. The Hall–Kier alpha value is -0.655. The first-order chi connectivity index (χ1) is 3.30. The van der Waals surface area contributed by atoms with Gasteiger partial charge in [0.15, 0.2) is 0 Å². The summed E-state index contributed by atoms with van der Waals surface area (Å²) in [6.07, 6.45) is 1.81. The maximum Gasteiger partial charge on any atom is 0.233 e. The van der Waals surface area contributed by atoms with Crippen LogP contribution in [0, 0.1) is 6.92 Å². The maximum atomic E-state index is 5.36. The lowest BCUT2D eigenvalue weighted by Crippen LogP contribution is -1.88. The number of hydrogen-bond acceptors (Lipinski definition) is 0. The molecule has 2 heteroatoms. The molecule has 0 N–H and O–H groups in total. The topological polar surface area (TPSA) is 4.93 Å². The molecule has 2 radical (unpaired) electrons. The van der Waals surface area contributed by atoms with Crippen molar-refractivity contribution >= 4 is 7.98 Å². The fourth-order valence-electron chi connectivity index (χ4n) is 0.479. The van der Waals surface area contributed by atoms with Crippen LogP contribution in [-0.4, -0.2) is 12.5 Å². The van der Waals surface area contributed by atoms with Crippen molar-refractivity contribution in [3.63, 3.8) is 0 Å². The van der Waals surface area contributed by atoms with Gasteiger partial charge < -0.3 is 4.48 Å². The minimum atomic E-state index is 1.08. The van der Waals surface area contributed by atoms with E-state index in [-0.39, 0.29) is 0 Å². The summed E-state index contributed by atoms with van der Waals surface area (Å²) in [6, 6.07) is 3.87. The summed E-state index contributed by atoms with van der Waals surface area (Å²) in [7, 11) is 5.36. The first kappa shape index (κ1) is 4.50. The first-order valence-electron chi connectivity index (χ1n) is 2.20. The third-order valence-corrected chi connectivity index (χ3v) is 0.991. The van der Waals surface area contributed by atoms with Crippen molar-refractivity contribution in [1.82, 2.24) is 4.48 Å². The number of nitrogens with zero attached hydrogens (tertiary/aromatic N) is 1. The number of aryl methyl sites for hydroxylation is 1. The Labute approximate surface area is 44.4 Å². The van der Waals surface area contributed by atoms with Gasteiger partial charge in [0.2, 0.25) is 7.98 Å². The van der Waals surface area contributed by atoms with E-state index in [0.717, 1.165) is 5.69 Å². The summed E-state index contributed by atoms with van der Waals surface area (Å²) < 4.78 is 1.58. The Morgan fingerprint density at radius 3 is 2.57 bits per heavy atom. The van der Waals surface area contributed by atoms with Crippen LogP contribution < -0.4 is 0 Å². The van der Waals surface area contributed by atoms with E-state index in [2.05, 4.69) is 0 Å². The highest BCUT2D eigenvalue weighted by Crippen LogP contribution is 1.92. The molecule has 0 saturated carbocycles. The van der Waals surface area contributed by atoms with Crippen molar-refractivity contribution in [2.75, 3.05) is 0 Å². The third-order valence-electron chi connectivity index (χ3n) is 0.991. The van der Waals surface area contributed by atoms with Crippen molar-refractivity contribution in [1.29, 1.82) is 0 Å². The zero-order valence-corrected chi connectivity index (χ0v) is 4.26. The molecule has 1 rings (SSSR count). The Morgan fingerprint density at radius 1 is 1.71 bits per heavy atom. The molecule has 34 valence electrons. The Morgan fingerprint density at radius 2 is 2.43 bits per heavy atom. The van der Waals surface area contributed by atoms with Gasteiger partial charge in [-0.25, -0.2) is 0 Å². The largest absolute Gasteiger partial charge is 0.407 e. The second-order valence-corrected chi connectivity index (χ2v) is 1.56. The van der Waals surface area contributed by atoms with Crippen LogP contribution in [-0.2, 0) is 0 Å². The predicted octanol–water partition coefficient (Wildman–Crippen LogP) is 0.728. The van der Waals surface area contributed by atoms with Gasteiger partial charge in [-0.1, -0.05) is 0 Å². The minimum absolute atomic E-state index is 1.08. The molecule has 0 unspecified atom stereocenters. The molecule has 1 nitrogen and oxygen atoms in total. The molecule has 0 atom stereocenters. The van der Waals surface area contributed by atoms with Crippen LogP contribution in [0.15, 0.2) is 18.3 Å². The van der Waals surface area contributed by atoms with Crippen LogP contribution in [0.25, 0.3) is 0 Å². The van der Waals surface area contributed by atoms with Crippen molar-refractivity contribution in [3.8, 4) is 0 Å². The lowest BCUT2D eigenvalue weighted by Gasteiger charge is -1.90. The van der Waals surface area contributed by atoms with E-state index < -0.39 is 0 Å². The van der Waals surface area contributed by atoms with Gasteiger partial charge in [0, 0.05) is 5.69 Å². The summed E-state index contributed by atoms with van der Waals surface area (Å²) >= 11 is 0. The molecule has 0 spiro atoms. The van der Waals surface area contributed by atoms with E-state index in [0.29, 0.717) is 0 Å². The van der Waals surface area contributed by atoms with Crippen molar-refractivity contribution in [2.45, 2.75) is 6.92 Å². The summed E-state index contributed by atoms with van der Waals surface area (Å²) in [5.74, 6) is 0. The third kappa shape index (κ3) is 0.685. The lowest BCUT2D eigenvalue weighted by atomic mass is 10.4. The van der Waals surface area contributed by atoms with Gasteiger partial charge in [-0.3, -0.25) is 0 Å². The summed E-state index contributed by atoms with van der Waals surface area (Å²) in [6.45, 7) is 1.96. The van der Waals surface area contributed by atoms with Gasteiger partial charge in [0.25, 0.3) is 0 Å². The van der Waals surface area contributed by atoms with E-state index in [1.165, 1.54) is 0 Å². The number of aromatic nitrogens is 1. The van der Waals surface area contributed by atoms with E-state index >= 15 is 0 Å². The number of rotatable bonds is 0. The molecule has 0 aliphatic carbocycles. The van der Waals surface area contributed by atoms with Crippen LogP contribution in [0.2, 0.25) is 0 Å². The second-order valence-electron chi connectivity index (χ2n) is 1.56. The number of hydrogen-bond donors (Lipinski definition) is 0. The van der Waals surface area contributed by atoms with Crippen LogP contribution in [0.5, 0.6) is 0 Å². The molecular formula is C5H6BN. The van der Waals surface area contributed by atoms with Gasteiger partial charge in [-0.05, 0) is 25.3 Å². The molecule has 0 aliphatic heterocycles. The SMILES string of the molecule is [B]n1cccc1C.